The van der Waals surface area contributed by atoms with Crippen LogP contribution in [0.2, 0.25) is 0 Å². The Morgan fingerprint density at radius 3 is 2.19 bits per heavy atom. The molecule has 0 fully saturated rings. The summed E-state index contributed by atoms with van der Waals surface area (Å²) in [6.45, 7) is 3.66. The van der Waals surface area contributed by atoms with Crippen LogP contribution in [0.15, 0.2) is 51.9 Å². The second-order valence-electron chi connectivity index (χ2n) is 5.90. The van der Waals surface area contributed by atoms with E-state index in [9.17, 15) is 8.42 Å². The number of methoxy groups -OCH3 is 2. The second-order valence-corrected chi connectivity index (χ2v) is 7.58. The minimum Gasteiger partial charge on any atom is -0.493 e. The maximum Gasteiger partial charge on any atom is 0.261 e. The number of hydrogen-bond donors (Lipinski definition) is 1. The van der Waals surface area contributed by atoms with E-state index in [4.69, 9.17) is 14.0 Å². The van der Waals surface area contributed by atoms with Gasteiger partial charge in [-0.25, -0.2) is 8.42 Å². The van der Waals surface area contributed by atoms with Crippen molar-refractivity contribution >= 4 is 15.7 Å². The maximum absolute atomic E-state index is 12.7. The predicted molar refractivity (Wildman–Crippen MR) is 102 cm³/mol. The number of rotatable bonds is 6. The van der Waals surface area contributed by atoms with Crippen molar-refractivity contribution in [3.8, 4) is 22.6 Å². The Labute approximate surface area is 158 Å². The first-order valence-corrected chi connectivity index (χ1v) is 9.62. The van der Waals surface area contributed by atoms with E-state index in [1.807, 2.05) is 13.8 Å². The maximum atomic E-state index is 12.7. The lowest BCUT2D eigenvalue weighted by molar-refractivity contribution is 0.355. The van der Waals surface area contributed by atoms with Crippen LogP contribution in [0.3, 0.4) is 0 Å². The van der Waals surface area contributed by atoms with Crippen LogP contribution in [0, 0.1) is 13.8 Å². The highest BCUT2D eigenvalue weighted by molar-refractivity contribution is 7.92. The summed E-state index contributed by atoms with van der Waals surface area (Å²) in [5.74, 6) is 1.64. The molecule has 8 heteroatoms. The molecule has 0 amide bonds. The largest absolute Gasteiger partial charge is 0.493 e. The molecular formula is C19H20N2O5S. The van der Waals surface area contributed by atoms with E-state index in [0.717, 1.165) is 16.8 Å². The van der Waals surface area contributed by atoms with E-state index < -0.39 is 10.0 Å². The normalized spacial score (nSPS) is 11.3. The Morgan fingerprint density at radius 1 is 0.963 bits per heavy atom. The number of benzene rings is 2. The number of hydrogen-bond acceptors (Lipinski definition) is 6. The molecule has 1 aromatic heterocycles. The van der Waals surface area contributed by atoms with Crippen molar-refractivity contribution < 1.29 is 22.4 Å². The fourth-order valence-electron chi connectivity index (χ4n) is 2.81. The zero-order valence-corrected chi connectivity index (χ0v) is 16.3. The lowest BCUT2D eigenvalue weighted by atomic mass is 10.0. The average molecular weight is 388 g/mol. The second kappa shape index (κ2) is 7.32. The Bertz CT molecular complexity index is 1040. The van der Waals surface area contributed by atoms with Crippen LogP contribution in [0.25, 0.3) is 11.1 Å². The fraction of sp³-hybridized carbons (Fsp3) is 0.211. The van der Waals surface area contributed by atoms with E-state index in [0.29, 0.717) is 22.9 Å². The van der Waals surface area contributed by atoms with Gasteiger partial charge in [-0.3, -0.25) is 4.72 Å². The smallest absolute Gasteiger partial charge is 0.261 e. The number of ether oxygens (including phenoxy) is 2. The van der Waals surface area contributed by atoms with Crippen molar-refractivity contribution in [1.29, 1.82) is 0 Å². The first-order valence-electron chi connectivity index (χ1n) is 8.14. The zero-order valence-electron chi connectivity index (χ0n) is 15.4. The Hall–Kier alpha value is -3.00. The summed E-state index contributed by atoms with van der Waals surface area (Å²) < 4.78 is 43.4. The molecule has 0 aliphatic heterocycles. The minimum absolute atomic E-state index is 0.146. The van der Waals surface area contributed by atoms with Gasteiger partial charge >= 0.3 is 0 Å². The third-order valence-corrected chi connectivity index (χ3v) is 5.52. The lowest BCUT2D eigenvalue weighted by Crippen LogP contribution is -2.13. The molecule has 3 aromatic rings. The van der Waals surface area contributed by atoms with Gasteiger partial charge in [0.05, 0.1) is 30.5 Å². The van der Waals surface area contributed by atoms with E-state index in [1.165, 1.54) is 14.2 Å². The van der Waals surface area contributed by atoms with Gasteiger partial charge in [-0.05, 0) is 43.7 Å². The number of aryl methyl sites for hydroxylation is 2. The molecular weight excluding hydrogens is 368 g/mol. The average Bonchev–Trinajstić information content (AvgIpc) is 2.99. The van der Waals surface area contributed by atoms with Crippen LogP contribution >= 0.6 is 0 Å². The molecule has 1 N–H and O–H groups in total. The first-order chi connectivity index (χ1) is 12.9. The van der Waals surface area contributed by atoms with Gasteiger partial charge in [-0.1, -0.05) is 17.3 Å². The van der Waals surface area contributed by atoms with Crippen LogP contribution < -0.4 is 14.2 Å². The summed E-state index contributed by atoms with van der Waals surface area (Å²) in [7, 11) is -0.743. The van der Waals surface area contributed by atoms with Gasteiger partial charge in [-0.15, -0.1) is 0 Å². The molecule has 1 heterocycles. The van der Waals surface area contributed by atoms with Crippen LogP contribution in [-0.2, 0) is 10.0 Å². The number of aromatic nitrogens is 1. The van der Waals surface area contributed by atoms with Crippen LogP contribution in [0.1, 0.15) is 11.5 Å². The van der Waals surface area contributed by atoms with Crippen LogP contribution in [0.5, 0.6) is 11.5 Å². The van der Waals surface area contributed by atoms with E-state index in [2.05, 4.69) is 9.88 Å². The monoisotopic (exact) mass is 388 g/mol. The van der Waals surface area contributed by atoms with E-state index in [-0.39, 0.29) is 4.90 Å². The van der Waals surface area contributed by atoms with E-state index in [1.54, 1.807) is 42.5 Å². The molecule has 0 unspecified atom stereocenters. The van der Waals surface area contributed by atoms with Crippen LogP contribution in [0.4, 0.5) is 5.69 Å². The Balaban J connectivity index is 1.87. The molecule has 0 bridgehead atoms. The van der Waals surface area contributed by atoms with Gasteiger partial charge in [-0.2, -0.15) is 0 Å². The Morgan fingerprint density at radius 2 is 1.63 bits per heavy atom. The van der Waals surface area contributed by atoms with Crippen molar-refractivity contribution in [2.24, 2.45) is 0 Å². The number of sulfonamides is 1. The summed E-state index contributed by atoms with van der Waals surface area (Å²) in [5.41, 5.74) is 2.84. The summed E-state index contributed by atoms with van der Waals surface area (Å²) in [4.78, 5) is 0.146. The van der Waals surface area contributed by atoms with Gasteiger partial charge in [0.2, 0.25) is 0 Å². The molecule has 27 heavy (non-hydrogen) atoms. The van der Waals surface area contributed by atoms with E-state index >= 15 is 0 Å². The molecule has 0 radical (unpaired) electrons. The van der Waals surface area contributed by atoms with Crippen molar-refractivity contribution in [1.82, 2.24) is 5.16 Å². The number of nitrogens with one attached hydrogen (secondary N) is 1. The minimum atomic E-state index is -3.75. The summed E-state index contributed by atoms with van der Waals surface area (Å²) in [6, 6.07) is 11.4. The van der Waals surface area contributed by atoms with Crippen molar-refractivity contribution in [3.63, 3.8) is 0 Å². The molecule has 0 aliphatic carbocycles. The highest BCUT2D eigenvalue weighted by atomic mass is 32.2. The zero-order chi connectivity index (χ0) is 19.6. The highest BCUT2D eigenvalue weighted by Gasteiger charge is 2.17. The van der Waals surface area contributed by atoms with Crippen molar-refractivity contribution in [2.45, 2.75) is 18.7 Å². The summed E-state index contributed by atoms with van der Waals surface area (Å²) in [5, 5.41) is 3.92. The first kappa shape index (κ1) is 18.8. The third-order valence-electron chi connectivity index (χ3n) is 4.12. The van der Waals surface area contributed by atoms with Crippen molar-refractivity contribution in [3.05, 3.63) is 53.9 Å². The third kappa shape index (κ3) is 3.75. The molecule has 2 aromatic carbocycles. The molecule has 0 spiro atoms. The summed E-state index contributed by atoms with van der Waals surface area (Å²) >= 11 is 0. The van der Waals surface area contributed by atoms with Gasteiger partial charge in [0.25, 0.3) is 10.0 Å². The predicted octanol–water partition coefficient (Wildman–Crippen LogP) is 3.78. The fourth-order valence-corrected chi connectivity index (χ4v) is 3.86. The molecule has 0 atom stereocenters. The molecule has 0 aliphatic rings. The molecule has 0 saturated carbocycles. The van der Waals surface area contributed by atoms with Gasteiger partial charge in [0.1, 0.15) is 5.76 Å². The SMILES string of the molecule is COc1ccc(NS(=O)(=O)c2ccc(-c3c(C)noc3C)cc2)cc1OC. The quantitative estimate of drug-likeness (QED) is 0.691. The van der Waals surface area contributed by atoms with Gasteiger partial charge in [0.15, 0.2) is 11.5 Å². The summed E-state index contributed by atoms with van der Waals surface area (Å²) in [6.07, 6.45) is 0. The lowest BCUT2D eigenvalue weighted by Gasteiger charge is -2.12. The molecule has 0 saturated heterocycles. The van der Waals surface area contributed by atoms with Crippen molar-refractivity contribution in [2.75, 3.05) is 18.9 Å². The van der Waals surface area contributed by atoms with Gasteiger partial charge < -0.3 is 14.0 Å². The van der Waals surface area contributed by atoms with Gasteiger partial charge in [0, 0.05) is 11.6 Å². The highest BCUT2D eigenvalue weighted by Crippen LogP contribution is 2.31. The molecule has 142 valence electrons. The van der Waals surface area contributed by atoms with Crippen LogP contribution in [-0.4, -0.2) is 27.8 Å². The standard InChI is InChI=1S/C19H20N2O5S/c1-12-19(13(2)26-20-12)14-5-8-16(9-6-14)27(22,23)21-15-7-10-17(24-3)18(11-15)25-4/h5-11,21H,1-4H3. The molecule has 7 nitrogen and oxygen atoms in total. The topological polar surface area (TPSA) is 90.7 Å². The molecule has 3 rings (SSSR count). The number of anilines is 1. The Kier molecular flexibility index (Phi) is 5.09. The number of nitrogens with zero attached hydrogens (tertiary/aromatic N) is 1.